The Balaban J connectivity index is 2.15. The predicted molar refractivity (Wildman–Crippen MR) is 78.6 cm³/mol. The summed E-state index contributed by atoms with van der Waals surface area (Å²) >= 11 is 3.51. The van der Waals surface area contributed by atoms with Crippen molar-refractivity contribution in [1.82, 2.24) is 15.2 Å². The lowest BCUT2D eigenvalue weighted by molar-refractivity contribution is 0.166. The van der Waals surface area contributed by atoms with E-state index in [4.69, 9.17) is 0 Å². The summed E-state index contributed by atoms with van der Waals surface area (Å²) in [5.74, 6) is 0. The Morgan fingerprint density at radius 2 is 2.22 bits per heavy atom. The number of hydrogen-bond donors (Lipinski definition) is 1. The standard InChI is InChI=1S/C14H20BrN3/c1-2-3-4-14(18-7-5-16-6-8-18)12-9-13(15)11-17-10-12/h2,9-11,14,16H,1,3-8H2/t14-/m1/s1. The minimum absolute atomic E-state index is 0.454. The highest BCUT2D eigenvalue weighted by molar-refractivity contribution is 9.10. The van der Waals surface area contributed by atoms with Crippen molar-refractivity contribution in [2.24, 2.45) is 0 Å². The summed E-state index contributed by atoms with van der Waals surface area (Å²) in [4.78, 5) is 6.84. The molecule has 0 aromatic carbocycles. The number of hydrogen-bond acceptors (Lipinski definition) is 3. The zero-order chi connectivity index (χ0) is 12.8. The van der Waals surface area contributed by atoms with Gasteiger partial charge in [-0.05, 0) is 40.4 Å². The maximum atomic E-state index is 4.29. The van der Waals surface area contributed by atoms with Gasteiger partial charge in [0.15, 0.2) is 0 Å². The van der Waals surface area contributed by atoms with E-state index in [0.29, 0.717) is 6.04 Å². The van der Waals surface area contributed by atoms with Crippen molar-refractivity contribution in [2.45, 2.75) is 18.9 Å². The summed E-state index contributed by atoms with van der Waals surface area (Å²) in [5.41, 5.74) is 1.30. The van der Waals surface area contributed by atoms with Crippen LogP contribution in [0.4, 0.5) is 0 Å². The molecule has 1 aromatic heterocycles. The third kappa shape index (κ3) is 3.64. The predicted octanol–water partition coefficient (Wildman–Crippen LogP) is 2.76. The van der Waals surface area contributed by atoms with E-state index in [9.17, 15) is 0 Å². The molecule has 0 bridgehead atoms. The molecule has 3 nitrogen and oxygen atoms in total. The van der Waals surface area contributed by atoms with Gasteiger partial charge in [0.2, 0.25) is 0 Å². The highest BCUT2D eigenvalue weighted by Gasteiger charge is 2.21. The molecule has 2 rings (SSSR count). The number of nitrogens with zero attached hydrogens (tertiary/aromatic N) is 2. The van der Waals surface area contributed by atoms with Crippen LogP contribution in [0.5, 0.6) is 0 Å². The normalized spacial score (nSPS) is 18.5. The highest BCUT2D eigenvalue weighted by atomic mass is 79.9. The van der Waals surface area contributed by atoms with Crippen LogP contribution >= 0.6 is 15.9 Å². The van der Waals surface area contributed by atoms with Crippen LogP contribution < -0.4 is 5.32 Å². The van der Waals surface area contributed by atoms with Crippen LogP contribution in [-0.2, 0) is 0 Å². The second-order valence-electron chi connectivity index (χ2n) is 4.60. The molecule has 1 fully saturated rings. The van der Waals surface area contributed by atoms with Gasteiger partial charge in [-0.25, -0.2) is 0 Å². The summed E-state index contributed by atoms with van der Waals surface area (Å²) in [6.07, 6.45) is 7.98. The number of rotatable bonds is 5. The van der Waals surface area contributed by atoms with E-state index in [2.05, 4.69) is 43.8 Å². The molecule has 1 aliphatic heterocycles. The van der Waals surface area contributed by atoms with Crippen molar-refractivity contribution >= 4 is 15.9 Å². The second kappa shape index (κ2) is 7.02. The lowest BCUT2D eigenvalue weighted by atomic mass is 10.0. The average molecular weight is 310 g/mol. The van der Waals surface area contributed by atoms with E-state index in [1.807, 2.05) is 18.5 Å². The van der Waals surface area contributed by atoms with E-state index < -0.39 is 0 Å². The van der Waals surface area contributed by atoms with Crippen molar-refractivity contribution in [3.8, 4) is 0 Å². The fraction of sp³-hybridized carbons (Fsp3) is 0.500. The summed E-state index contributed by atoms with van der Waals surface area (Å²) in [6.45, 7) is 8.20. The number of piperazine rings is 1. The molecule has 0 radical (unpaired) electrons. The Morgan fingerprint density at radius 3 is 2.89 bits per heavy atom. The Labute approximate surface area is 117 Å². The maximum Gasteiger partial charge on any atom is 0.0410 e. The SMILES string of the molecule is C=CCC[C@H](c1cncc(Br)c1)N1CCNCC1. The van der Waals surface area contributed by atoms with Crippen molar-refractivity contribution in [2.75, 3.05) is 26.2 Å². The van der Waals surface area contributed by atoms with Gasteiger partial charge in [-0.2, -0.15) is 0 Å². The Morgan fingerprint density at radius 1 is 1.44 bits per heavy atom. The molecule has 98 valence electrons. The van der Waals surface area contributed by atoms with Crippen LogP contribution in [0, 0.1) is 0 Å². The third-order valence-electron chi connectivity index (χ3n) is 3.35. The van der Waals surface area contributed by atoms with Gasteiger partial charge in [-0.15, -0.1) is 6.58 Å². The van der Waals surface area contributed by atoms with Gasteiger partial charge in [0.25, 0.3) is 0 Å². The number of pyridine rings is 1. The van der Waals surface area contributed by atoms with Crippen LogP contribution in [0.1, 0.15) is 24.4 Å². The fourth-order valence-electron chi connectivity index (χ4n) is 2.44. The minimum Gasteiger partial charge on any atom is -0.314 e. The van der Waals surface area contributed by atoms with E-state index in [1.165, 1.54) is 5.56 Å². The molecule has 1 saturated heterocycles. The molecule has 0 unspecified atom stereocenters. The minimum atomic E-state index is 0.454. The van der Waals surface area contributed by atoms with Crippen LogP contribution in [0.2, 0.25) is 0 Å². The van der Waals surface area contributed by atoms with Crippen molar-refractivity contribution < 1.29 is 0 Å². The number of halogens is 1. The third-order valence-corrected chi connectivity index (χ3v) is 3.78. The first-order valence-corrected chi connectivity index (χ1v) is 7.26. The van der Waals surface area contributed by atoms with Crippen LogP contribution in [0.3, 0.4) is 0 Å². The molecule has 0 saturated carbocycles. The molecular formula is C14H20BrN3. The van der Waals surface area contributed by atoms with Gasteiger partial charge < -0.3 is 5.32 Å². The quantitative estimate of drug-likeness (QED) is 0.848. The first-order chi connectivity index (χ1) is 8.81. The van der Waals surface area contributed by atoms with Crippen molar-refractivity contribution in [1.29, 1.82) is 0 Å². The topological polar surface area (TPSA) is 28.2 Å². The summed E-state index contributed by atoms with van der Waals surface area (Å²) in [7, 11) is 0. The molecule has 0 aliphatic carbocycles. The largest absolute Gasteiger partial charge is 0.314 e. The lowest BCUT2D eigenvalue weighted by Crippen LogP contribution is -2.45. The summed E-state index contributed by atoms with van der Waals surface area (Å²) in [6, 6.07) is 2.64. The van der Waals surface area contributed by atoms with Crippen LogP contribution in [-0.4, -0.2) is 36.1 Å². The lowest BCUT2D eigenvalue weighted by Gasteiger charge is -2.35. The van der Waals surface area contributed by atoms with Crippen LogP contribution in [0.15, 0.2) is 35.6 Å². The van der Waals surface area contributed by atoms with E-state index in [-0.39, 0.29) is 0 Å². The Bertz CT molecular complexity index is 388. The smallest absolute Gasteiger partial charge is 0.0410 e. The molecule has 4 heteroatoms. The first-order valence-electron chi connectivity index (χ1n) is 6.47. The monoisotopic (exact) mass is 309 g/mol. The van der Waals surface area contributed by atoms with Gasteiger partial charge in [-0.1, -0.05) is 6.08 Å². The number of nitrogens with one attached hydrogen (secondary N) is 1. The van der Waals surface area contributed by atoms with Gasteiger partial charge in [0.1, 0.15) is 0 Å². The van der Waals surface area contributed by atoms with E-state index in [0.717, 1.165) is 43.5 Å². The van der Waals surface area contributed by atoms with Gasteiger partial charge in [0.05, 0.1) is 0 Å². The molecule has 1 aromatic rings. The summed E-state index contributed by atoms with van der Waals surface area (Å²) in [5, 5.41) is 3.40. The Kier molecular flexibility index (Phi) is 5.35. The Hall–Kier alpha value is -0.710. The zero-order valence-corrected chi connectivity index (χ0v) is 12.2. The van der Waals surface area contributed by atoms with E-state index >= 15 is 0 Å². The molecule has 1 atom stereocenters. The molecular weight excluding hydrogens is 290 g/mol. The molecule has 18 heavy (non-hydrogen) atoms. The average Bonchev–Trinajstić information content (AvgIpc) is 2.40. The van der Waals surface area contributed by atoms with Gasteiger partial charge in [-0.3, -0.25) is 9.88 Å². The molecule has 1 aliphatic rings. The van der Waals surface area contributed by atoms with E-state index in [1.54, 1.807) is 0 Å². The van der Waals surface area contributed by atoms with Crippen molar-refractivity contribution in [3.63, 3.8) is 0 Å². The zero-order valence-electron chi connectivity index (χ0n) is 10.6. The molecule has 0 spiro atoms. The van der Waals surface area contributed by atoms with Gasteiger partial charge in [0, 0.05) is 49.1 Å². The number of allylic oxidation sites excluding steroid dienone is 1. The molecule has 2 heterocycles. The number of aromatic nitrogens is 1. The first kappa shape index (κ1) is 13.7. The maximum absolute atomic E-state index is 4.29. The fourth-order valence-corrected chi connectivity index (χ4v) is 2.82. The second-order valence-corrected chi connectivity index (χ2v) is 5.52. The molecule has 1 N–H and O–H groups in total. The van der Waals surface area contributed by atoms with Gasteiger partial charge >= 0.3 is 0 Å². The van der Waals surface area contributed by atoms with Crippen LogP contribution in [0.25, 0.3) is 0 Å². The van der Waals surface area contributed by atoms with Crippen molar-refractivity contribution in [3.05, 3.63) is 41.2 Å². The highest BCUT2D eigenvalue weighted by Crippen LogP contribution is 2.27. The summed E-state index contributed by atoms with van der Waals surface area (Å²) < 4.78 is 1.05. The molecule has 0 amide bonds.